The molecule has 1 aliphatic heterocycles. The first-order chi connectivity index (χ1) is 19.8. The summed E-state index contributed by atoms with van der Waals surface area (Å²) in [5.41, 5.74) is 2.59. The first-order valence-corrected chi connectivity index (χ1v) is 17.3. The van der Waals surface area contributed by atoms with Crippen molar-refractivity contribution in [3.63, 3.8) is 0 Å². The molecule has 2 heterocycles. The van der Waals surface area contributed by atoms with Crippen molar-refractivity contribution in [1.82, 2.24) is 15.3 Å². The van der Waals surface area contributed by atoms with Gasteiger partial charge in [0.1, 0.15) is 17.8 Å². The van der Waals surface area contributed by atoms with E-state index in [9.17, 15) is 9.36 Å². The van der Waals surface area contributed by atoms with Crippen LogP contribution in [0.15, 0.2) is 54.7 Å². The first kappa shape index (κ1) is 30.2. The van der Waals surface area contributed by atoms with E-state index in [-0.39, 0.29) is 12.1 Å². The van der Waals surface area contributed by atoms with Gasteiger partial charge in [-0.2, -0.15) is 4.98 Å². The number of aromatic nitrogens is 2. The Morgan fingerprint density at radius 2 is 1.71 bits per heavy atom. The molecule has 9 nitrogen and oxygen atoms in total. The Kier molecular flexibility index (Phi) is 8.46. The third-order valence-electron chi connectivity index (χ3n) is 7.87. The van der Waals surface area contributed by atoms with Gasteiger partial charge in [-0.25, -0.2) is 9.78 Å². The number of nitrogens with one attached hydrogen (secondary N) is 3. The minimum Gasteiger partial charge on any atom is -0.444 e. The van der Waals surface area contributed by atoms with E-state index >= 15 is 0 Å². The van der Waals surface area contributed by atoms with Crippen molar-refractivity contribution in [3.8, 4) is 0 Å². The van der Waals surface area contributed by atoms with Crippen molar-refractivity contribution in [2.45, 2.75) is 58.1 Å². The molecule has 11 heteroatoms. The monoisotopic (exact) mass is 610 g/mol. The summed E-state index contributed by atoms with van der Waals surface area (Å²) in [5.74, 6) is 0.844. The summed E-state index contributed by atoms with van der Waals surface area (Å²) < 4.78 is 18.2. The van der Waals surface area contributed by atoms with Crippen LogP contribution in [0.3, 0.4) is 0 Å². The second kappa shape index (κ2) is 11.8. The molecule has 0 unspecified atom stereocenters. The number of benzene rings is 2. The van der Waals surface area contributed by atoms with Crippen LogP contribution in [0.25, 0.3) is 0 Å². The number of carbonyl (C=O) groups excluding carboxylic acids is 1. The number of carbonyl (C=O) groups is 1. The number of rotatable bonds is 7. The van der Waals surface area contributed by atoms with Gasteiger partial charge >= 0.3 is 6.09 Å². The molecular weight excluding hydrogens is 571 g/mol. The van der Waals surface area contributed by atoms with E-state index in [0.717, 1.165) is 49.8 Å². The number of alkyl carbamates (subject to hydrolysis) is 1. The topological polar surface area (TPSA) is 108 Å². The molecule has 2 fully saturated rings. The number of para-hydroxylation sites is 1. The van der Waals surface area contributed by atoms with E-state index in [4.69, 9.17) is 16.3 Å². The number of halogens is 1. The summed E-state index contributed by atoms with van der Waals surface area (Å²) in [6.07, 6.45) is 5.49. The molecule has 0 bridgehead atoms. The average molecular weight is 611 g/mol. The lowest BCUT2D eigenvalue weighted by atomic mass is 9.60. The molecule has 1 saturated carbocycles. The van der Waals surface area contributed by atoms with E-state index in [0.29, 0.717) is 27.9 Å². The highest BCUT2D eigenvalue weighted by molar-refractivity contribution is 7.70. The van der Waals surface area contributed by atoms with E-state index in [1.54, 1.807) is 19.5 Å². The zero-order valence-corrected chi connectivity index (χ0v) is 26.6. The van der Waals surface area contributed by atoms with Crippen molar-refractivity contribution in [3.05, 3.63) is 59.8 Å². The molecule has 1 amide bonds. The van der Waals surface area contributed by atoms with E-state index in [2.05, 4.69) is 43.0 Å². The second-order valence-corrected chi connectivity index (χ2v) is 16.4. The maximum atomic E-state index is 12.8. The average Bonchev–Trinajstić information content (AvgIpc) is 2.89. The predicted octanol–water partition coefficient (Wildman–Crippen LogP) is 7.14. The van der Waals surface area contributed by atoms with Crippen LogP contribution in [0.5, 0.6) is 0 Å². The van der Waals surface area contributed by atoms with Crippen molar-refractivity contribution in [2.24, 2.45) is 5.41 Å². The van der Waals surface area contributed by atoms with Gasteiger partial charge < -0.3 is 30.2 Å². The Morgan fingerprint density at radius 3 is 2.36 bits per heavy atom. The Hall–Kier alpha value is -3.29. The number of nitrogens with zero attached hydrogens (tertiary/aromatic N) is 3. The van der Waals surface area contributed by atoms with Crippen LogP contribution in [0.4, 0.5) is 33.6 Å². The fraction of sp³-hybridized carbons (Fsp3) is 0.452. The molecule has 0 atom stereocenters. The molecule has 1 spiro atoms. The van der Waals surface area contributed by atoms with Gasteiger partial charge in [0.05, 0.1) is 11.9 Å². The summed E-state index contributed by atoms with van der Waals surface area (Å²) in [7, 11) is -2.50. The lowest BCUT2D eigenvalue weighted by molar-refractivity contribution is 0.0234. The van der Waals surface area contributed by atoms with Crippen LogP contribution >= 0.6 is 18.7 Å². The molecule has 1 aromatic heterocycles. The Morgan fingerprint density at radius 1 is 1.05 bits per heavy atom. The fourth-order valence-electron chi connectivity index (χ4n) is 5.79. The quantitative estimate of drug-likeness (QED) is 0.242. The molecule has 1 saturated heterocycles. The van der Waals surface area contributed by atoms with Gasteiger partial charge in [-0.05, 0) is 102 Å². The van der Waals surface area contributed by atoms with E-state index < -0.39 is 12.7 Å². The van der Waals surface area contributed by atoms with Crippen molar-refractivity contribution in [2.75, 3.05) is 42.0 Å². The molecule has 3 aromatic rings. The molecular formula is C31H40ClN6O3P. The number of piperidine rings is 1. The normalized spacial score (nSPS) is 17.0. The lowest BCUT2D eigenvalue weighted by Crippen LogP contribution is -2.55. The summed E-state index contributed by atoms with van der Waals surface area (Å²) in [5, 5.41) is 10.6. The van der Waals surface area contributed by atoms with Crippen LogP contribution in [-0.2, 0) is 9.30 Å². The van der Waals surface area contributed by atoms with Gasteiger partial charge in [0.25, 0.3) is 0 Å². The Labute approximate surface area is 253 Å². The van der Waals surface area contributed by atoms with E-state index in [1.165, 1.54) is 5.69 Å². The summed E-state index contributed by atoms with van der Waals surface area (Å²) in [6, 6.07) is 15.9. The van der Waals surface area contributed by atoms with Crippen molar-refractivity contribution in [1.29, 1.82) is 0 Å². The van der Waals surface area contributed by atoms with Crippen molar-refractivity contribution >= 4 is 59.0 Å². The van der Waals surface area contributed by atoms with Crippen LogP contribution in [0.2, 0.25) is 5.02 Å². The van der Waals surface area contributed by atoms with Crippen LogP contribution in [0.1, 0.15) is 46.5 Å². The van der Waals surface area contributed by atoms with Crippen LogP contribution < -0.4 is 26.2 Å². The smallest absolute Gasteiger partial charge is 0.407 e. The molecule has 224 valence electrons. The van der Waals surface area contributed by atoms with Gasteiger partial charge in [-0.1, -0.05) is 23.7 Å². The first-order valence-electron chi connectivity index (χ1n) is 14.3. The van der Waals surface area contributed by atoms with Crippen LogP contribution in [0, 0.1) is 5.41 Å². The van der Waals surface area contributed by atoms with Gasteiger partial charge in [0.15, 0.2) is 5.82 Å². The second-order valence-electron chi connectivity index (χ2n) is 12.8. The largest absolute Gasteiger partial charge is 0.444 e. The number of amides is 1. The third kappa shape index (κ3) is 7.37. The minimum atomic E-state index is -2.50. The highest BCUT2D eigenvalue weighted by Crippen LogP contribution is 2.49. The molecule has 2 aliphatic rings. The number of hydrogen-bond acceptors (Lipinski definition) is 8. The zero-order valence-electron chi connectivity index (χ0n) is 24.9. The standard InChI is InChI=1S/C31H40ClN6O3P/c1-30(2,3)41-29(39)35-22-18-31(19-22)14-16-38(17-15-31)23-12-10-21(11-13-23)34-28-33-20-24(32)27(37-28)36-25-8-6-7-9-26(25)42(4,5)40/h6-13,20,22H,14-19H2,1-5H3,(H,35,39)(H2,33,34,36,37). The van der Waals surface area contributed by atoms with Gasteiger partial charge in [0, 0.05) is 35.8 Å². The van der Waals surface area contributed by atoms with E-state index in [1.807, 2.05) is 57.2 Å². The molecule has 1 aliphatic carbocycles. The van der Waals surface area contributed by atoms with Gasteiger partial charge in [-0.15, -0.1) is 0 Å². The molecule has 5 rings (SSSR count). The SMILES string of the molecule is CC(C)(C)OC(=O)NC1CC2(CCN(c3ccc(Nc4ncc(Cl)c(Nc5ccccc5P(C)(C)=O)n4)cc3)CC2)C1. The maximum absolute atomic E-state index is 12.8. The van der Waals surface area contributed by atoms with Crippen molar-refractivity contribution < 1.29 is 14.1 Å². The zero-order chi connectivity index (χ0) is 30.1. The predicted molar refractivity (Wildman–Crippen MR) is 172 cm³/mol. The number of hydrogen-bond donors (Lipinski definition) is 3. The third-order valence-corrected chi connectivity index (χ3v) is 9.70. The van der Waals surface area contributed by atoms with Crippen LogP contribution in [-0.4, -0.2) is 54.1 Å². The van der Waals surface area contributed by atoms with Gasteiger partial charge in [-0.3, -0.25) is 0 Å². The maximum Gasteiger partial charge on any atom is 0.407 e. The number of anilines is 5. The Balaban J connectivity index is 1.15. The molecule has 0 radical (unpaired) electrons. The summed E-state index contributed by atoms with van der Waals surface area (Å²) in [4.78, 5) is 23.4. The molecule has 42 heavy (non-hydrogen) atoms. The molecule has 3 N–H and O–H groups in total. The highest BCUT2D eigenvalue weighted by atomic mass is 35.5. The molecule has 2 aromatic carbocycles. The summed E-state index contributed by atoms with van der Waals surface area (Å²) >= 11 is 6.40. The highest BCUT2D eigenvalue weighted by Gasteiger charge is 2.46. The lowest BCUT2D eigenvalue weighted by Gasteiger charge is -2.52. The summed E-state index contributed by atoms with van der Waals surface area (Å²) in [6.45, 7) is 11.1. The number of ether oxygens (including phenoxy) is 1. The Bertz CT molecular complexity index is 1470. The fourth-order valence-corrected chi connectivity index (χ4v) is 7.08. The van der Waals surface area contributed by atoms with Gasteiger partial charge in [0.2, 0.25) is 5.95 Å². The minimum absolute atomic E-state index is 0.206.